The van der Waals surface area contributed by atoms with Crippen molar-refractivity contribution in [1.29, 1.82) is 0 Å². The predicted octanol–water partition coefficient (Wildman–Crippen LogP) is -1.23. The van der Waals surface area contributed by atoms with Crippen LogP contribution in [0.2, 0.25) is 0 Å². The fourth-order valence-corrected chi connectivity index (χ4v) is 3.00. The molecule has 0 spiro atoms. The first-order valence-electron chi connectivity index (χ1n) is 7.76. The second-order valence-electron chi connectivity index (χ2n) is 5.90. The van der Waals surface area contributed by atoms with Crippen LogP contribution in [0.4, 0.5) is 5.95 Å². The molecule has 0 saturated carbocycles. The molecule has 2 aromatic rings. The molecule has 1 aliphatic rings. The molecule has 0 aromatic carbocycles. The van der Waals surface area contributed by atoms with Crippen molar-refractivity contribution in [2.45, 2.75) is 31.9 Å². The van der Waals surface area contributed by atoms with E-state index in [-0.39, 0.29) is 17.7 Å². The summed E-state index contributed by atoms with van der Waals surface area (Å²) in [5, 5.41) is 19.0. The van der Waals surface area contributed by atoms with Crippen molar-refractivity contribution < 1.29 is 10.2 Å². The summed E-state index contributed by atoms with van der Waals surface area (Å²) < 4.78 is 2.88. The van der Waals surface area contributed by atoms with Gasteiger partial charge in [0, 0.05) is 20.1 Å². The van der Waals surface area contributed by atoms with Crippen LogP contribution in [0.25, 0.3) is 11.2 Å². The number of imidazole rings is 1. The Morgan fingerprint density at radius 3 is 2.61 bits per heavy atom. The molecule has 1 saturated heterocycles. The van der Waals surface area contributed by atoms with E-state index >= 15 is 0 Å². The number of nitrogens with zero attached hydrogens (tertiary/aromatic N) is 4. The Morgan fingerprint density at radius 2 is 1.96 bits per heavy atom. The van der Waals surface area contributed by atoms with Crippen molar-refractivity contribution in [3.05, 3.63) is 20.8 Å². The van der Waals surface area contributed by atoms with Crippen molar-refractivity contribution in [3.63, 3.8) is 0 Å². The number of hydrogen-bond donors (Lipinski definition) is 3. The van der Waals surface area contributed by atoms with Gasteiger partial charge in [0.25, 0.3) is 5.56 Å². The first-order valence-corrected chi connectivity index (χ1v) is 7.76. The number of fused-ring (bicyclic) bond motifs is 1. The zero-order valence-corrected chi connectivity index (χ0v) is 13.0. The molecule has 0 radical (unpaired) electrons. The van der Waals surface area contributed by atoms with E-state index in [9.17, 15) is 14.7 Å². The van der Waals surface area contributed by atoms with Gasteiger partial charge in [0.15, 0.2) is 11.2 Å². The highest BCUT2D eigenvalue weighted by molar-refractivity contribution is 5.74. The molecular weight excluding hydrogens is 302 g/mol. The second kappa shape index (κ2) is 6.17. The standard InChI is InChI=1S/C14H21N5O4/c1-17-11-10(12(22)16-14(17)23)19(7-9(21)8-20)13(15-11)18-5-3-2-4-6-18/h9,20-21H,2-8H2,1H3,(H,16,22,23)/t9-/m1/s1. The molecule has 126 valence electrons. The first kappa shape index (κ1) is 15.8. The minimum Gasteiger partial charge on any atom is -0.394 e. The Balaban J connectivity index is 2.22. The number of aromatic nitrogens is 4. The Kier molecular flexibility index (Phi) is 4.22. The summed E-state index contributed by atoms with van der Waals surface area (Å²) in [6.45, 7) is 1.25. The highest BCUT2D eigenvalue weighted by Gasteiger charge is 2.23. The van der Waals surface area contributed by atoms with Crippen molar-refractivity contribution in [1.82, 2.24) is 19.1 Å². The lowest BCUT2D eigenvalue weighted by Crippen LogP contribution is -2.34. The van der Waals surface area contributed by atoms with Crippen molar-refractivity contribution in [2.24, 2.45) is 7.05 Å². The third kappa shape index (κ3) is 2.77. The number of anilines is 1. The Hall–Kier alpha value is -2.13. The van der Waals surface area contributed by atoms with Gasteiger partial charge in [0.05, 0.1) is 19.3 Å². The average molecular weight is 323 g/mol. The molecule has 3 heterocycles. The predicted molar refractivity (Wildman–Crippen MR) is 84.8 cm³/mol. The van der Waals surface area contributed by atoms with Crippen molar-refractivity contribution in [3.8, 4) is 0 Å². The van der Waals surface area contributed by atoms with Crippen molar-refractivity contribution >= 4 is 17.1 Å². The molecule has 1 atom stereocenters. The lowest BCUT2D eigenvalue weighted by atomic mass is 10.1. The molecule has 1 fully saturated rings. The second-order valence-corrected chi connectivity index (χ2v) is 5.90. The van der Waals surface area contributed by atoms with E-state index in [1.54, 1.807) is 11.6 Å². The molecule has 0 bridgehead atoms. The van der Waals surface area contributed by atoms with Gasteiger partial charge in [-0.3, -0.25) is 14.3 Å². The van der Waals surface area contributed by atoms with Crippen LogP contribution in [-0.4, -0.2) is 55.1 Å². The zero-order chi connectivity index (χ0) is 16.6. The molecule has 3 rings (SSSR count). The monoisotopic (exact) mass is 323 g/mol. The van der Waals surface area contributed by atoms with E-state index in [4.69, 9.17) is 5.11 Å². The summed E-state index contributed by atoms with van der Waals surface area (Å²) in [4.78, 5) is 32.8. The Morgan fingerprint density at radius 1 is 1.26 bits per heavy atom. The maximum atomic E-state index is 12.2. The van der Waals surface area contributed by atoms with Gasteiger partial charge in [-0.25, -0.2) is 4.79 Å². The average Bonchev–Trinajstić information content (AvgIpc) is 2.93. The van der Waals surface area contributed by atoms with E-state index in [0.29, 0.717) is 5.95 Å². The van der Waals surface area contributed by atoms with E-state index in [1.807, 2.05) is 0 Å². The maximum Gasteiger partial charge on any atom is 0.329 e. The highest BCUT2D eigenvalue weighted by atomic mass is 16.3. The molecule has 2 aromatic heterocycles. The van der Waals surface area contributed by atoms with Gasteiger partial charge in [-0.1, -0.05) is 0 Å². The van der Waals surface area contributed by atoms with Crippen LogP contribution < -0.4 is 16.1 Å². The maximum absolute atomic E-state index is 12.2. The number of nitrogens with one attached hydrogen (secondary N) is 1. The molecule has 3 N–H and O–H groups in total. The third-order valence-corrected chi connectivity index (χ3v) is 4.23. The normalized spacial score (nSPS) is 16.9. The number of piperidine rings is 1. The van der Waals surface area contributed by atoms with Gasteiger partial charge in [-0.05, 0) is 19.3 Å². The molecule has 0 unspecified atom stereocenters. The van der Waals surface area contributed by atoms with E-state index < -0.39 is 24.0 Å². The van der Waals surface area contributed by atoms with E-state index in [2.05, 4.69) is 14.9 Å². The Bertz CT molecular complexity index is 815. The van der Waals surface area contributed by atoms with Gasteiger partial charge in [0.2, 0.25) is 5.95 Å². The van der Waals surface area contributed by atoms with E-state index in [1.165, 1.54) is 4.57 Å². The highest BCUT2D eigenvalue weighted by Crippen LogP contribution is 2.23. The van der Waals surface area contributed by atoms with E-state index in [0.717, 1.165) is 32.4 Å². The number of hydrogen-bond acceptors (Lipinski definition) is 6. The van der Waals surface area contributed by atoms with Gasteiger partial charge in [-0.15, -0.1) is 0 Å². The van der Waals surface area contributed by atoms with Crippen molar-refractivity contribution in [2.75, 3.05) is 24.6 Å². The molecule has 1 aliphatic heterocycles. The largest absolute Gasteiger partial charge is 0.394 e. The van der Waals surface area contributed by atoms with Gasteiger partial charge in [-0.2, -0.15) is 4.98 Å². The minimum atomic E-state index is -1.01. The summed E-state index contributed by atoms with van der Waals surface area (Å²) in [6.07, 6.45) is 2.20. The molecule has 0 aliphatic carbocycles. The van der Waals surface area contributed by atoms with Crippen LogP contribution in [0.5, 0.6) is 0 Å². The molecular formula is C14H21N5O4. The zero-order valence-electron chi connectivity index (χ0n) is 13.0. The Labute approximate surface area is 131 Å². The summed E-state index contributed by atoms with van der Waals surface area (Å²) in [6, 6.07) is 0. The quantitative estimate of drug-likeness (QED) is 0.648. The van der Waals surface area contributed by atoms with Crippen LogP contribution in [0.15, 0.2) is 9.59 Å². The fourth-order valence-electron chi connectivity index (χ4n) is 3.00. The number of aromatic amines is 1. The first-order chi connectivity index (χ1) is 11.0. The molecule has 9 heteroatoms. The fraction of sp³-hybridized carbons (Fsp3) is 0.643. The topological polar surface area (TPSA) is 116 Å². The van der Waals surface area contributed by atoms with Crippen LogP contribution in [0, 0.1) is 0 Å². The molecule has 9 nitrogen and oxygen atoms in total. The summed E-state index contributed by atoms with van der Waals surface area (Å²) in [7, 11) is 1.54. The lowest BCUT2D eigenvalue weighted by molar-refractivity contribution is 0.0822. The van der Waals surface area contributed by atoms with Gasteiger partial charge >= 0.3 is 5.69 Å². The number of aliphatic hydroxyl groups is 2. The van der Waals surface area contributed by atoms with Crippen LogP contribution in [-0.2, 0) is 13.6 Å². The number of H-pyrrole nitrogens is 1. The lowest BCUT2D eigenvalue weighted by Gasteiger charge is -2.28. The van der Waals surface area contributed by atoms with Crippen LogP contribution >= 0.6 is 0 Å². The SMILES string of the molecule is Cn1c(=O)[nH]c(=O)c2c1nc(N1CCCCC1)n2C[C@@H](O)CO. The number of aliphatic hydroxyl groups excluding tert-OH is 2. The smallest absolute Gasteiger partial charge is 0.329 e. The minimum absolute atomic E-state index is 0.0418. The summed E-state index contributed by atoms with van der Waals surface area (Å²) >= 11 is 0. The van der Waals surface area contributed by atoms with Gasteiger partial charge < -0.3 is 19.7 Å². The third-order valence-electron chi connectivity index (χ3n) is 4.23. The number of aryl methyl sites for hydroxylation is 1. The molecule has 0 amide bonds. The van der Waals surface area contributed by atoms with Gasteiger partial charge in [0.1, 0.15) is 0 Å². The summed E-state index contributed by atoms with van der Waals surface area (Å²) in [5.41, 5.74) is -0.548. The number of rotatable bonds is 4. The van der Waals surface area contributed by atoms with Crippen LogP contribution in [0.3, 0.4) is 0 Å². The summed E-state index contributed by atoms with van der Waals surface area (Å²) in [5.74, 6) is 0.555. The van der Waals surface area contributed by atoms with Crippen LogP contribution in [0.1, 0.15) is 19.3 Å². The molecule has 23 heavy (non-hydrogen) atoms.